The zero-order valence-electron chi connectivity index (χ0n) is 13.2. The third-order valence-electron chi connectivity index (χ3n) is 4.22. The first-order chi connectivity index (χ1) is 11.5. The summed E-state index contributed by atoms with van der Waals surface area (Å²) in [5, 5.41) is 4.47. The molecular weight excluding hydrogens is 312 g/mol. The van der Waals surface area contributed by atoms with Gasteiger partial charge in [-0.25, -0.2) is 4.79 Å². The number of nitrogens with zero attached hydrogens (tertiary/aromatic N) is 2. The fourth-order valence-corrected chi connectivity index (χ4v) is 2.91. The Morgan fingerprint density at radius 3 is 2.58 bits per heavy atom. The number of hydrogen-bond acceptors (Lipinski definition) is 4. The van der Waals surface area contributed by atoms with Gasteiger partial charge in [-0.2, -0.15) is 0 Å². The third-order valence-corrected chi connectivity index (χ3v) is 4.22. The topological polar surface area (TPSA) is 98.8 Å². The van der Waals surface area contributed by atoms with Gasteiger partial charge in [-0.1, -0.05) is 18.2 Å². The Labute approximate surface area is 138 Å². The number of benzene rings is 1. The van der Waals surface area contributed by atoms with Crippen molar-refractivity contribution in [2.75, 3.05) is 24.5 Å². The summed E-state index contributed by atoms with van der Waals surface area (Å²) >= 11 is 0. The minimum atomic E-state index is -0.866. The van der Waals surface area contributed by atoms with Crippen LogP contribution >= 0.6 is 0 Å². The highest BCUT2D eigenvalue weighted by Crippen LogP contribution is 2.21. The fourth-order valence-electron chi connectivity index (χ4n) is 2.91. The Kier molecular flexibility index (Phi) is 4.20. The molecule has 1 atom stereocenters. The molecule has 0 unspecified atom stereocenters. The van der Waals surface area contributed by atoms with E-state index in [9.17, 15) is 19.2 Å². The Balaban J connectivity index is 1.62. The minimum absolute atomic E-state index is 0.0323. The largest absolute Gasteiger partial charge is 0.331 e. The van der Waals surface area contributed by atoms with E-state index in [2.05, 4.69) is 10.6 Å². The molecule has 0 bridgehead atoms. The highest BCUT2D eigenvalue weighted by molar-refractivity contribution is 6.06. The zero-order chi connectivity index (χ0) is 17.3. The van der Waals surface area contributed by atoms with Crippen LogP contribution in [0.2, 0.25) is 0 Å². The Bertz CT molecular complexity index is 718. The summed E-state index contributed by atoms with van der Waals surface area (Å²) < 4.78 is 0. The van der Waals surface area contributed by atoms with Gasteiger partial charge in [-0.15, -0.1) is 0 Å². The van der Waals surface area contributed by atoms with Crippen molar-refractivity contribution in [1.29, 1.82) is 0 Å². The maximum Gasteiger partial charge on any atom is 0.322 e. The van der Waals surface area contributed by atoms with E-state index < -0.39 is 18.0 Å². The molecule has 0 aliphatic carbocycles. The van der Waals surface area contributed by atoms with Crippen molar-refractivity contribution >= 4 is 29.4 Å². The summed E-state index contributed by atoms with van der Waals surface area (Å²) in [6.45, 7) is 2.69. The van der Waals surface area contributed by atoms with Gasteiger partial charge in [0.1, 0.15) is 12.6 Å². The van der Waals surface area contributed by atoms with Crippen LogP contribution < -0.4 is 15.5 Å². The number of hydrogen-bond donors (Lipinski definition) is 2. The van der Waals surface area contributed by atoms with E-state index in [1.54, 1.807) is 4.90 Å². The number of carbonyl (C=O) groups excluding carboxylic acids is 4. The van der Waals surface area contributed by atoms with E-state index in [1.807, 2.05) is 31.2 Å². The minimum Gasteiger partial charge on any atom is -0.331 e. The lowest BCUT2D eigenvalue weighted by molar-refractivity contribution is -0.138. The third kappa shape index (κ3) is 3.08. The summed E-state index contributed by atoms with van der Waals surface area (Å²) in [6.07, 6.45) is -0.144. The van der Waals surface area contributed by atoms with Crippen LogP contribution in [0.1, 0.15) is 12.0 Å². The van der Waals surface area contributed by atoms with Crippen LogP contribution in [0.25, 0.3) is 0 Å². The average molecular weight is 330 g/mol. The predicted molar refractivity (Wildman–Crippen MR) is 85.2 cm³/mol. The Morgan fingerprint density at radius 1 is 1.21 bits per heavy atom. The number of rotatable bonds is 3. The molecule has 1 aromatic carbocycles. The summed E-state index contributed by atoms with van der Waals surface area (Å²) in [5.41, 5.74) is 1.84. The van der Waals surface area contributed by atoms with Gasteiger partial charge in [0.05, 0.1) is 6.42 Å². The molecule has 2 aliphatic heterocycles. The normalized spacial score (nSPS) is 20.9. The number of nitrogens with one attached hydrogen (secondary N) is 2. The molecule has 1 aromatic rings. The molecule has 2 saturated heterocycles. The summed E-state index contributed by atoms with van der Waals surface area (Å²) in [5.74, 6) is -1.00. The molecule has 8 nitrogen and oxygen atoms in total. The molecule has 0 spiro atoms. The number of para-hydroxylation sites is 1. The lowest BCUT2D eigenvalue weighted by Gasteiger charge is -2.35. The van der Waals surface area contributed by atoms with Gasteiger partial charge in [0.15, 0.2) is 0 Å². The van der Waals surface area contributed by atoms with Crippen molar-refractivity contribution in [1.82, 2.24) is 15.5 Å². The molecule has 24 heavy (non-hydrogen) atoms. The van der Waals surface area contributed by atoms with E-state index in [4.69, 9.17) is 0 Å². The quantitative estimate of drug-likeness (QED) is 0.748. The first kappa shape index (κ1) is 16.0. The number of piperazine rings is 1. The standard InChI is InChI=1S/C16H18N4O4/c1-10-4-2-3-5-12(10)20-7-6-19(9-14(20)22)13(21)8-11-15(23)18-16(24)17-11/h2-5,11H,6-9H2,1H3,(H2,17,18,23,24)/t11-/m0/s1. The van der Waals surface area contributed by atoms with Gasteiger partial charge in [-0.05, 0) is 18.6 Å². The van der Waals surface area contributed by atoms with Gasteiger partial charge in [0, 0.05) is 18.8 Å². The van der Waals surface area contributed by atoms with Crippen molar-refractivity contribution < 1.29 is 19.2 Å². The van der Waals surface area contributed by atoms with Gasteiger partial charge in [0.25, 0.3) is 5.91 Å². The van der Waals surface area contributed by atoms with Gasteiger partial charge in [-0.3, -0.25) is 19.7 Å². The Hall–Kier alpha value is -2.90. The van der Waals surface area contributed by atoms with Crippen LogP contribution in [0.3, 0.4) is 0 Å². The van der Waals surface area contributed by atoms with Crippen LogP contribution in [0, 0.1) is 6.92 Å². The maximum absolute atomic E-state index is 12.4. The van der Waals surface area contributed by atoms with E-state index in [-0.39, 0.29) is 24.8 Å². The summed E-state index contributed by atoms with van der Waals surface area (Å²) in [4.78, 5) is 50.4. The first-order valence-corrected chi connectivity index (χ1v) is 7.71. The van der Waals surface area contributed by atoms with Crippen molar-refractivity contribution in [2.24, 2.45) is 0 Å². The van der Waals surface area contributed by atoms with E-state index in [0.29, 0.717) is 13.1 Å². The lowest BCUT2D eigenvalue weighted by Crippen LogP contribution is -2.53. The molecule has 0 saturated carbocycles. The monoisotopic (exact) mass is 330 g/mol. The molecule has 0 radical (unpaired) electrons. The number of carbonyl (C=O) groups is 4. The average Bonchev–Trinajstić information content (AvgIpc) is 2.85. The van der Waals surface area contributed by atoms with E-state index >= 15 is 0 Å². The van der Waals surface area contributed by atoms with E-state index in [0.717, 1.165) is 11.3 Å². The summed E-state index contributed by atoms with van der Waals surface area (Å²) in [6, 6.07) is 6.12. The van der Waals surface area contributed by atoms with Gasteiger partial charge < -0.3 is 15.1 Å². The Morgan fingerprint density at radius 2 is 1.96 bits per heavy atom. The maximum atomic E-state index is 12.4. The lowest BCUT2D eigenvalue weighted by atomic mass is 10.1. The first-order valence-electron chi connectivity index (χ1n) is 7.71. The molecular formula is C16H18N4O4. The molecule has 126 valence electrons. The molecule has 2 N–H and O–H groups in total. The number of aryl methyl sites for hydroxylation is 1. The molecule has 2 aliphatic rings. The number of amides is 5. The molecule has 5 amide bonds. The number of imide groups is 1. The number of anilines is 1. The smallest absolute Gasteiger partial charge is 0.322 e. The second-order valence-electron chi connectivity index (χ2n) is 5.87. The van der Waals surface area contributed by atoms with Crippen LogP contribution in [-0.2, 0) is 14.4 Å². The van der Waals surface area contributed by atoms with Crippen molar-refractivity contribution in [3.05, 3.63) is 29.8 Å². The molecule has 8 heteroatoms. The van der Waals surface area contributed by atoms with E-state index in [1.165, 1.54) is 4.90 Å². The molecule has 2 fully saturated rings. The SMILES string of the molecule is Cc1ccccc1N1CCN(C(=O)C[C@@H]2NC(=O)NC2=O)CC1=O. The molecule has 2 heterocycles. The van der Waals surface area contributed by atoms with Crippen LogP contribution in [-0.4, -0.2) is 54.3 Å². The number of urea groups is 1. The predicted octanol–water partition coefficient (Wildman–Crippen LogP) is -0.232. The van der Waals surface area contributed by atoms with Crippen molar-refractivity contribution in [3.63, 3.8) is 0 Å². The summed E-state index contributed by atoms with van der Waals surface area (Å²) in [7, 11) is 0. The second-order valence-corrected chi connectivity index (χ2v) is 5.87. The van der Waals surface area contributed by atoms with Gasteiger partial charge in [0.2, 0.25) is 11.8 Å². The van der Waals surface area contributed by atoms with Gasteiger partial charge >= 0.3 is 6.03 Å². The fraction of sp³-hybridized carbons (Fsp3) is 0.375. The highest BCUT2D eigenvalue weighted by Gasteiger charge is 2.35. The molecule has 0 aromatic heterocycles. The van der Waals surface area contributed by atoms with Crippen LogP contribution in [0.15, 0.2) is 24.3 Å². The van der Waals surface area contributed by atoms with Crippen LogP contribution in [0.5, 0.6) is 0 Å². The zero-order valence-corrected chi connectivity index (χ0v) is 13.2. The second kappa shape index (κ2) is 6.31. The van der Waals surface area contributed by atoms with Crippen LogP contribution in [0.4, 0.5) is 10.5 Å². The highest BCUT2D eigenvalue weighted by atomic mass is 16.2. The van der Waals surface area contributed by atoms with Crippen molar-refractivity contribution in [2.45, 2.75) is 19.4 Å². The molecule has 3 rings (SSSR count). The van der Waals surface area contributed by atoms with Crippen molar-refractivity contribution in [3.8, 4) is 0 Å².